The van der Waals surface area contributed by atoms with E-state index in [9.17, 15) is 4.79 Å². The van der Waals surface area contributed by atoms with Gasteiger partial charge in [0, 0.05) is 6.54 Å². The predicted molar refractivity (Wildman–Crippen MR) is 90.8 cm³/mol. The van der Waals surface area contributed by atoms with Crippen LogP contribution in [0, 0.1) is 5.41 Å². The minimum absolute atomic E-state index is 0.0303. The van der Waals surface area contributed by atoms with Crippen molar-refractivity contribution in [1.29, 1.82) is 0 Å². The molecule has 1 unspecified atom stereocenters. The summed E-state index contributed by atoms with van der Waals surface area (Å²) in [6.07, 6.45) is 1.62. The van der Waals surface area contributed by atoms with Crippen LogP contribution in [0.3, 0.4) is 0 Å². The van der Waals surface area contributed by atoms with Crippen molar-refractivity contribution in [1.82, 2.24) is 5.32 Å². The summed E-state index contributed by atoms with van der Waals surface area (Å²) < 4.78 is 5.71. The predicted octanol–water partition coefficient (Wildman–Crippen LogP) is 3.42. The van der Waals surface area contributed by atoms with Crippen LogP contribution in [0.1, 0.15) is 59.1 Å². The molecule has 0 spiro atoms. The molecule has 0 heterocycles. The van der Waals surface area contributed by atoms with Crippen molar-refractivity contribution in [2.75, 3.05) is 6.54 Å². The highest BCUT2D eigenvalue weighted by Gasteiger charge is 2.34. The standard InChI is InChI=1S/C18H30N2O2/c1-6-18(7-2,12-19)17(21)20-14(5)15-9-8-10-16(11-15)22-13(3)4/h8-11,13-14H,6-7,12,19H2,1-5H3,(H,20,21). The Labute approximate surface area is 134 Å². The lowest BCUT2D eigenvalue weighted by molar-refractivity contribution is -0.131. The van der Waals surface area contributed by atoms with Crippen molar-refractivity contribution in [3.63, 3.8) is 0 Å². The fourth-order valence-electron chi connectivity index (χ4n) is 2.51. The van der Waals surface area contributed by atoms with E-state index in [-0.39, 0.29) is 18.1 Å². The number of hydrogen-bond donors (Lipinski definition) is 2. The maximum Gasteiger partial charge on any atom is 0.227 e. The second-order valence-corrected chi connectivity index (χ2v) is 6.13. The summed E-state index contributed by atoms with van der Waals surface area (Å²) in [6.45, 7) is 10.4. The summed E-state index contributed by atoms with van der Waals surface area (Å²) in [5.74, 6) is 0.854. The van der Waals surface area contributed by atoms with Gasteiger partial charge in [-0.15, -0.1) is 0 Å². The maximum absolute atomic E-state index is 12.6. The quantitative estimate of drug-likeness (QED) is 0.773. The number of ether oxygens (including phenoxy) is 1. The Hall–Kier alpha value is -1.55. The van der Waals surface area contributed by atoms with E-state index in [1.54, 1.807) is 0 Å². The van der Waals surface area contributed by atoms with Crippen LogP contribution in [0.2, 0.25) is 0 Å². The second kappa shape index (κ2) is 8.18. The lowest BCUT2D eigenvalue weighted by Crippen LogP contribution is -2.46. The van der Waals surface area contributed by atoms with Gasteiger partial charge in [-0.05, 0) is 51.3 Å². The van der Waals surface area contributed by atoms with Crippen LogP contribution in [-0.4, -0.2) is 18.6 Å². The van der Waals surface area contributed by atoms with E-state index in [0.717, 1.165) is 24.2 Å². The third-order valence-corrected chi connectivity index (χ3v) is 4.30. The average Bonchev–Trinajstić information content (AvgIpc) is 2.49. The van der Waals surface area contributed by atoms with E-state index >= 15 is 0 Å². The summed E-state index contributed by atoms with van der Waals surface area (Å²) in [5, 5.41) is 3.10. The highest BCUT2D eigenvalue weighted by Crippen LogP contribution is 2.27. The Morgan fingerprint density at radius 3 is 2.41 bits per heavy atom. The van der Waals surface area contributed by atoms with Gasteiger partial charge in [0.1, 0.15) is 5.75 Å². The molecule has 4 heteroatoms. The zero-order chi connectivity index (χ0) is 16.8. The van der Waals surface area contributed by atoms with Crippen LogP contribution in [0.25, 0.3) is 0 Å². The first-order valence-electron chi connectivity index (χ1n) is 8.16. The van der Waals surface area contributed by atoms with Crippen molar-refractivity contribution in [2.45, 2.75) is 59.6 Å². The Kier molecular flexibility index (Phi) is 6.88. The van der Waals surface area contributed by atoms with Crippen LogP contribution >= 0.6 is 0 Å². The Balaban J connectivity index is 2.84. The lowest BCUT2D eigenvalue weighted by Gasteiger charge is -2.30. The highest BCUT2D eigenvalue weighted by molar-refractivity contribution is 5.83. The smallest absolute Gasteiger partial charge is 0.227 e. The first-order chi connectivity index (χ1) is 10.4. The van der Waals surface area contributed by atoms with E-state index in [1.165, 1.54) is 0 Å². The summed E-state index contributed by atoms with van der Waals surface area (Å²) in [4.78, 5) is 12.6. The molecule has 0 bridgehead atoms. The number of carbonyl (C=O) groups is 1. The number of carbonyl (C=O) groups excluding carboxylic acids is 1. The summed E-state index contributed by atoms with van der Waals surface area (Å²) in [6, 6.07) is 7.78. The van der Waals surface area contributed by atoms with Gasteiger partial charge < -0.3 is 15.8 Å². The fourth-order valence-corrected chi connectivity index (χ4v) is 2.51. The Morgan fingerprint density at radius 2 is 1.91 bits per heavy atom. The molecule has 22 heavy (non-hydrogen) atoms. The van der Waals surface area contributed by atoms with Gasteiger partial charge >= 0.3 is 0 Å². The summed E-state index contributed by atoms with van der Waals surface area (Å²) in [5.41, 5.74) is 6.40. The normalized spacial score (nSPS) is 13.0. The van der Waals surface area contributed by atoms with E-state index in [2.05, 4.69) is 5.32 Å². The largest absolute Gasteiger partial charge is 0.491 e. The van der Waals surface area contributed by atoms with Crippen LogP contribution in [0.4, 0.5) is 0 Å². The van der Waals surface area contributed by atoms with Gasteiger partial charge in [0.15, 0.2) is 0 Å². The molecule has 0 radical (unpaired) electrons. The number of nitrogens with one attached hydrogen (secondary N) is 1. The molecule has 0 aliphatic heterocycles. The van der Waals surface area contributed by atoms with E-state index in [4.69, 9.17) is 10.5 Å². The molecule has 1 aromatic rings. The summed E-state index contributed by atoms with van der Waals surface area (Å²) >= 11 is 0. The molecular formula is C18H30N2O2. The number of nitrogens with two attached hydrogens (primary N) is 1. The molecule has 0 aromatic heterocycles. The molecule has 1 amide bonds. The zero-order valence-electron chi connectivity index (χ0n) is 14.5. The van der Waals surface area contributed by atoms with Crippen LogP contribution in [-0.2, 0) is 4.79 Å². The molecule has 124 valence electrons. The molecular weight excluding hydrogens is 276 g/mol. The van der Waals surface area contributed by atoms with Crippen LogP contribution < -0.4 is 15.8 Å². The number of hydrogen-bond acceptors (Lipinski definition) is 3. The van der Waals surface area contributed by atoms with Gasteiger partial charge in [-0.1, -0.05) is 26.0 Å². The number of benzene rings is 1. The first-order valence-corrected chi connectivity index (χ1v) is 8.16. The van der Waals surface area contributed by atoms with E-state index in [1.807, 2.05) is 58.9 Å². The first kappa shape index (κ1) is 18.5. The van der Waals surface area contributed by atoms with Gasteiger partial charge in [-0.3, -0.25) is 4.79 Å². The van der Waals surface area contributed by atoms with Gasteiger partial charge in [0.25, 0.3) is 0 Å². The fraction of sp³-hybridized carbons (Fsp3) is 0.611. The van der Waals surface area contributed by atoms with Crippen molar-refractivity contribution in [2.24, 2.45) is 11.1 Å². The molecule has 0 fully saturated rings. The minimum Gasteiger partial charge on any atom is -0.491 e. The van der Waals surface area contributed by atoms with Crippen molar-refractivity contribution in [3.8, 4) is 5.75 Å². The molecule has 4 nitrogen and oxygen atoms in total. The monoisotopic (exact) mass is 306 g/mol. The molecule has 0 saturated heterocycles. The van der Waals surface area contributed by atoms with Gasteiger partial charge in [-0.25, -0.2) is 0 Å². The van der Waals surface area contributed by atoms with Crippen LogP contribution in [0.5, 0.6) is 5.75 Å². The Morgan fingerprint density at radius 1 is 1.27 bits per heavy atom. The molecule has 1 rings (SSSR count). The molecule has 1 atom stereocenters. The molecule has 3 N–H and O–H groups in total. The molecule has 0 aliphatic rings. The van der Waals surface area contributed by atoms with Gasteiger partial charge in [0.05, 0.1) is 17.6 Å². The minimum atomic E-state index is -0.472. The highest BCUT2D eigenvalue weighted by atomic mass is 16.5. The van der Waals surface area contributed by atoms with E-state index < -0.39 is 5.41 Å². The van der Waals surface area contributed by atoms with Gasteiger partial charge in [-0.2, -0.15) is 0 Å². The number of amides is 1. The number of rotatable bonds is 8. The second-order valence-electron chi connectivity index (χ2n) is 6.13. The topological polar surface area (TPSA) is 64.4 Å². The lowest BCUT2D eigenvalue weighted by atomic mass is 9.81. The molecule has 0 saturated carbocycles. The third kappa shape index (κ3) is 4.47. The Bertz CT molecular complexity index is 473. The third-order valence-electron chi connectivity index (χ3n) is 4.30. The molecule has 1 aromatic carbocycles. The van der Waals surface area contributed by atoms with Crippen molar-refractivity contribution < 1.29 is 9.53 Å². The van der Waals surface area contributed by atoms with Gasteiger partial charge in [0.2, 0.25) is 5.91 Å². The maximum atomic E-state index is 12.6. The van der Waals surface area contributed by atoms with Crippen LogP contribution in [0.15, 0.2) is 24.3 Å². The van der Waals surface area contributed by atoms with Crippen molar-refractivity contribution in [3.05, 3.63) is 29.8 Å². The van der Waals surface area contributed by atoms with Crippen molar-refractivity contribution >= 4 is 5.91 Å². The molecule has 0 aliphatic carbocycles. The SMILES string of the molecule is CCC(CC)(CN)C(=O)NC(C)c1cccc(OC(C)C)c1. The average molecular weight is 306 g/mol. The summed E-state index contributed by atoms with van der Waals surface area (Å²) in [7, 11) is 0. The zero-order valence-corrected chi connectivity index (χ0v) is 14.5. The van der Waals surface area contributed by atoms with E-state index in [0.29, 0.717) is 6.54 Å².